The number of hydrogen-bond donors (Lipinski definition) is 2. The summed E-state index contributed by atoms with van der Waals surface area (Å²) in [5.41, 5.74) is 0. The Hall–Kier alpha value is -1.91. The van der Waals surface area contributed by atoms with Crippen LogP contribution in [-0.2, 0) is 0 Å². The van der Waals surface area contributed by atoms with Crippen molar-refractivity contribution in [1.82, 2.24) is 10.2 Å². The minimum Gasteiger partial charge on any atom is -0.508 e. The van der Waals surface area contributed by atoms with Crippen molar-refractivity contribution >= 4 is 6.03 Å². The predicted molar refractivity (Wildman–Crippen MR) is 74.3 cm³/mol. The van der Waals surface area contributed by atoms with E-state index in [1.165, 1.54) is 12.1 Å². The van der Waals surface area contributed by atoms with Crippen LogP contribution in [-0.4, -0.2) is 35.9 Å². The number of aromatic hydroxyl groups is 1. The van der Waals surface area contributed by atoms with E-state index in [1.807, 2.05) is 0 Å². The zero-order chi connectivity index (χ0) is 14.3. The van der Waals surface area contributed by atoms with Gasteiger partial charge >= 0.3 is 6.03 Å². The summed E-state index contributed by atoms with van der Waals surface area (Å²) in [6, 6.07) is 6.23. The number of hydrogen-bond acceptors (Lipinski definition) is 3. The summed E-state index contributed by atoms with van der Waals surface area (Å²) in [5, 5.41) is 11.9. The van der Waals surface area contributed by atoms with Gasteiger partial charge in [-0.2, -0.15) is 0 Å². The first-order valence-corrected chi connectivity index (χ1v) is 6.50. The van der Waals surface area contributed by atoms with Crippen LogP contribution in [0.1, 0.15) is 26.7 Å². The van der Waals surface area contributed by atoms with Gasteiger partial charge in [0.05, 0.1) is 0 Å². The second-order valence-corrected chi connectivity index (χ2v) is 4.48. The highest BCUT2D eigenvalue weighted by Crippen LogP contribution is 2.16. The second-order valence-electron chi connectivity index (χ2n) is 4.48. The summed E-state index contributed by atoms with van der Waals surface area (Å²) >= 11 is 0. The summed E-state index contributed by atoms with van der Waals surface area (Å²) in [4.78, 5) is 13.4. The van der Waals surface area contributed by atoms with Crippen molar-refractivity contribution in [2.75, 3.05) is 13.6 Å². The van der Waals surface area contributed by atoms with Crippen LogP contribution in [0.2, 0.25) is 0 Å². The molecule has 0 aliphatic rings. The molecule has 1 aromatic carbocycles. The topological polar surface area (TPSA) is 61.8 Å². The van der Waals surface area contributed by atoms with Gasteiger partial charge in [0.2, 0.25) is 0 Å². The molecule has 0 bridgehead atoms. The number of unbranched alkanes of at least 4 members (excludes halogenated alkanes) is 1. The van der Waals surface area contributed by atoms with E-state index in [9.17, 15) is 4.79 Å². The van der Waals surface area contributed by atoms with E-state index < -0.39 is 6.23 Å². The Morgan fingerprint density at radius 3 is 2.63 bits per heavy atom. The van der Waals surface area contributed by atoms with E-state index in [4.69, 9.17) is 9.84 Å². The van der Waals surface area contributed by atoms with Gasteiger partial charge in [0.25, 0.3) is 0 Å². The monoisotopic (exact) mass is 266 g/mol. The van der Waals surface area contributed by atoms with E-state index in [1.54, 1.807) is 31.0 Å². The van der Waals surface area contributed by atoms with Crippen LogP contribution in [0.25, 0.3) is 0 Å². The van der Waals surface area contributed by atoms with Crippen LogP contribution in [0.3, 0.4) is 0 Å². The summed E-state index contributed by atoms with van der Waals surface area (Å²) < 4.78 is 5.52. The van der Waals surface area contributed by atoms with Gasteiger partial charge in [-0.15, -0.1) is 0 Å². The first kappa shape index (κ1) is 15.1. The average molecular weight is 266 g/mol. The second kappa shape index (κ2) is 7.51. The number of nitrogens with zero attached hydrogens (tertiary/aromatic N) is 1. The molecule has 106 valence electrons. The van der Waals surface area contributed by atoms with Crippen LogP contribution >= 0.6 is 0 Å². The highest BCUT2D eigenvalue weighted by atomic mass is 16.5. The molecule has 0 saturated carbocycles. The lowest BCUT2D eigenvalue weighted by molar-refractivity contribution is 0.158. The molecule has 0 heterocycles. The van der Waals surface area contributed by atoms with Gasteiger partial charge in [-0.3, -0.25) is 0 Å². The molecule has 0 aromatic heterocycles. The number of rotatable bonds is 6. The Balaban J connectivity index is 2.39. The highest BCUT2D eigenvalue weighted by Gasteiger charge is 2.12. The summed E-state index contributed by atoms with van der Waals surface area (Å²) in [7, 11) is 1.76. The van der Waals surface area contributed by atoms with Crippen molar-refractivity contribution in [2.24, 2.45) is 0 Å². The third-order valence-corrected chi connectivity index (χ3v) is 2.67. The first-order chi connectivity index (χ1) is 9.02. The maximum atomic E-state index is 11.8. The van der Waals surface area contributed by atoms with E-state index in [0.717, 1.165) is 19.4 Å². The fourth-order valence-electron chi connectivity index (χ4n) is 1.54. The number of phenolic OH excluding ortho intramolecular Hbond substituents is 1. The van der Waals surface area contributed by atoms with Gasteiger partial charge < -0.3 is 20.1 Å². The van der Waals surface area contributed by atoms with Crippen molar-refractivity contribution in [1.29, 1.82) is 0 Å². The SMILES string of the molecule is CCCCN(C)C(=O)NC(C)Oc1ccc(O)cc1. The Morgan fingerprint density at radius 1 is 1.42 bits per heavy atom. The molecule has 0 spiro atoms. The molecule has 0 fully saturated rings. The van der Waals surface area contributed by atoms with E-state index in [0.29, 0.717) is 5.75 Å². The summed E-state index contributed by atoms with van der Waals surface area (Å²) in [6.07, 6.45) is 1.61. The molecule has 1 atom stereocenters. The minimum absolute atomic E-state index is 0.153. The Labute approximate surface area is 114 Å². The molecule has 5 nitrogen and oxygen atoms in total. The lowest BCUT2D eigenvalue weighted by atomic mass is 10.3. The largest absolute Gasteiger partial charge is 0.508 e. The van der Waals surface area contributed by atoms with Gasteiger partial charge in [0.15, 0.2) is 6.23 Å². The summed E-state index contributed by atoms with van der Waals surface area (Å²) in [6.45, 7) is 4.58. The van der Waals surface area contributed by atoms with Crippen LogP contribution in [0.4, 0.5) is 4.79 Å². The molecule has 0 saturated heterocycles. The Kier molecular flexibility index (Phi) is 5.99. The van der Waals surface area contributed by atoms with Crippen molar-refractivity contribution in [3.05, 3.63) is 24.3 Å². The molecule has 0 radical (unpaired) electrons. The molecule has 1 rings (SSSR count). The lowest BCUT2D eigenvalue weighted by Crippen LogP contribution is -2.44. The van der Waals surface area contributed by atoms with Gasteiger partial charge in [-0.05, 0) is 37.6 Å². The third-order valence-electron chi connectivity index (χ3n) is 2.67. The zero-order valence-electron chi connectivity index (χ0n) is 11.7. The molecular formula is C14H22N2O3. The van der Waals surface area contributed by atoms with E-state index in [-0.39, 0.29) is 11.8 Å². The number of amides is 2. The first-order valence-electron chi connectivity index (χ1n) is 6.50. The predicted octanol–water partition coefficient (Wildman–Crippen LogP) is 2.56. The van der Waals surface area contributed by atoms with E-state index >= 15 is 0 Å². The van der Waals surface area contributed by atoms with Crippen LogP contribution in [0.15, 0.2) is 24.3 Å². The van der Waals surface area contributed by atoms with Gasteiger partial charge in [0, 0.05) is 13.6 Å². The third kappa shape index (κ3) is 5.50. The number of ether oxygens (including phenoxy) is 1. The number of urea groups is 1. The fourth-order valence-corrected chi connectivity index (χ4v) is 1.54. The van der Waals surface area contributed by atoms with Crippen molar-refractivity contribution in [2.45, 2.75) is 32.9 Å². The number of carbonyl (C=O) groups excluding carboxylic acids is 1. The molecule has 0 aliphatic heterocycles. The summed E-state index contributed by atoms with van der Waals surface area (Å²) in [5.74, 6) is 0.783. The van der Waals surface area contributed by atoms with Crippen LogP contribution < -0.4 is 10.1 Å². The number of phenols is 1. The number of nitrogens with one attached hydrogen (secondary N) is 1. The quantitative estimate of drug-likeness (QED) is 0.778. The normalized spacial score (nSPS) is 11.7. The molecule has 2 amide bonds. The fraction of sp³-hybridized carbons (Fsp3) is 0.500. The molecule has 2 N–H and O–H groups in total. The Morgan fingerprint density at radius 2 is 2.05 bits per heavy atom. The van der Waals surface area contributed by atoms with Crippen LogP contribution in [0, 0.1) is 0 Å². The van der Waals surface area contributed by atoms with Crippen molar-refractivity contribution in [3.8, 4) is 11.5 Å². The van der Waals surface area contributed by atoms with Gasteiger partial charge in [0.1, 0.15) is 11.5 Å². The molecule has 1 unspecified atom stereocenters. The molecule has 19 heavy (non-hydrogen) atoms. The average Bonchev–Trinajstić information content (AvgIpc) is 2.38. The van der Waals surface area contributed by atoms with Gasteiger partial charge in [-0.25, -0.2) is 4.79 Å². The maximum absolute atomic E-state index is 11.8. The maximum Gasteiger partial charge on any atom is 0.319 e. The van der Waals surface area contributed by atoms with E-state index in [2.05, 4.69) is 12.2 Å². The molecule has 1 aromatic rings. The van der Waals surface area contributed by atoms with Crippen LogP contribution in [0.5, 0.6) is 11.5 Å². The minimum atomic E-state index is -0.430. The Bertz CT molecular complexity index is 392. The molecular weight excluding hydrogens is 244 g/mol. The standard InChI is InChI=1S/C14H22N2O3/c1-4-5-10-16(3)14(18)15-11(2)19-13-8-6-12(17)7-9-13/h6-9,11,17H,4-5,10H2,1-3H3,(H,15,18). The number of carbonyl (C=O) groups is 1. The smallest absolute Gasteiger partial charge is 0.319 e. The molecule has 5 heteroatoms. The van der Waals surface area contributed by atoms with Gasteiger partial charge in [-0.1, -0.05) is 13.3 Å². The zero-order valence-corrected chi connectivity index (χ0v) is 11.7. The highest BCUT2D eigenvalue weighted by molar-refractivity contribution is 5.73. The van der Waals surface area contributed by atoms with Crippen molar-refractivity contribution in [3.63, 3.8) is 0 Å². The number of benzene rings is 1. The lowest BCUT2D eigenvalue weighted by Gasteiger charge is -2.22. The molecule has 0 aliphatic carbocycles. The van der Waals surface area contributed by atoms with Crippen molar-refractivity contribution < 1.29 is 14.6 Å².